The molecule has 0 saturated heterocycles. The van der Waals surface area contributed by atoms with E-state index in [0.29, 0.717) is 5.71 Å². The molecule has 1 amide bonds. The molecular formula is C15H13N3O. The SMILES string of the molecule is C=C(C)c1ccc2c(c1)=CC1C(=O)N=C(N)N=C1C=2. The largest absolute Gasteiger partial charge is 0.368 e. The number of amides is 1. The number of carbonyl (C=O) groups excluding carboxylic acids is 1. The van der Waals surface area contributed by atoms with Gasteiger partial charge in [-0.2, -0.15) is 4.99 Å². The lowest BCUT2D eigenvalue weighted by molar-refractivity contribution is -0.118. The zero-order chi connectivity index (χ0) is 13.6. The van der Waals surface area contributed by atoms with Crippen LogP contribution >= 0.6 is 0 Å². The summed E-state index contributed by atoms with van der Waals surface area (Å²) >= 11 is 0. The molecule has 1 aromatic carbocycles. The number of carbonyl (C=O) groups is 1. The van der Waals surface area contributed by atoms with Gasteiger partial charge in [-0.1, -0.05) is 30.4 Å². The van der Waals surface area contributed by atoms with Crippen molar-refractivity contribution in [2.45, 2.75) is 6.92 Å². The van der Waals surface area contributed by atoms with E-state index in [9.17, 15) is 4.79 Å². The monoisotopic (exact) mass is 251 g/mol. The zero-order valence-electron chi connectivity index (χ0n) is 10.6. The average Bonchev–Trinajstić information content (AvgIpc) is 2.36. The van der Waals surface area contributed by atoms with Crippen LogP contribution in [0.2, 0.25) is 0 Å². The molecule has 0 spiro atoms. The second-order valence-corrected chi connectivity index (χ2v) is 4.76. The van der Waals surface area contributed by atoms with Gasteiger partial charge in [0.05, 0.1) is 5.71 Å². The Hall–Kier alpha value is -2.49. The van der Waals surface area contributed by atoms with Crippen LogP contribution < -0.4 is 16.2 Å². The van der Waals surface area contributed by atoms with Gasteiger partial charge in [0.15, 0.2) is 0 Å². The van der Waals surface area contributed by atoms with Gasteiger partial charge in [0.25, 0.3) is 5.91 Å². The van der Waals surface area contributed by atoms with Gasteiger partial charge in [-0.05, 0) is 35.1 Å². The fourth-order valence-electron chi connectivity index (χ4n) is 2.27. The van der Waals surface area contributed by atoms with E-state index in [1.54, 1.807) is 0 Å². The molecular weight excluding hydrogens is 238 g/mol. The summed E-state index contributed by atoms with van der Waals surface area (Å²) in [6.45, 7) is 5.88. The van der Waals surface area contributed by atoms with E-state index < -0.39 is 5.92 Å². The fraction of sp³-hybridized carbons (Fsp3) is 0.133. The summed E-state index contributed by atoms with van der Waals surface area (Å²) in [5.74, 6) is -0.645. The minimum atomic E-state index is -0.417. The van der Waals surface area contributed by atoms with Gasteiger partial charge in [-0.15, -0.1) is 0 Å². The van der Waals surface area contributed by atoms with Crippen molar-refractivity contribution in [2.75, 3.05) is 0 Å². The molecule has 1 aliphatic heterocycles. The Morgan fingerprint density at radius 2 is 2.11 bits per heavy atom. The predicted octanol–water partition coefficient (Wildman–Crippen LogP) is 0.206. The Balaban J connectivity index is 2.23. The van der Waals surface area contributed by atoms with E-state index in [1.807, 2.05) is 37.3 Å². The third-order valence-electron chi connectivity index (χ3n) is 3.28. The predicted molar refractivity (Wildman–Crippen MR) is 76.9 cm³/mol. The maximum absolute atomic E-state index is 11.9. The minimum absolute atomic E-state index is 0.0305. The van der Waals surface area contributed by atoms with Crippen molar-refractivity contribution in [3.05, 3.63) is 40.8 Å². The first kappa shape index (κ1) is 11.6. The van der Waals surface area contributed by atoms with Crippen LogP contribution in [0, 0.1) is 5.92 Å². The summed E-state index contributed by atoms with van der Waals surface area (Å²) in [6, 6.07) is 6.04. The molecule has 3 rings (SSSR count). The number of hydrogen-bond acceptors (Lipinski definition) is 3. The van der Waals surface area contributed by atoms with E-state index in [-0.39, 0.29) is 11.9 Å². The van der Waals surface area contributed by atoms with Crippen LogP contribution in [0.15, 0.2) is 34.8 Å². The Bertz CT molecular complexity index is 784. The first-order valence-corrected chi connectivity index (χ1v) is 6.01. The molecule has 0 bridgehead atoms. The number of aliphatic imine (C=N–C) groups is 2. The highest BCUT2D eigenvalue weighted by atomic mass is 16.1. The van der Waals surface area contributed by atoms with Gasteiger partial charge >= 0.3 is 0 Å². The minimum Gasteiger partial charge on any atom is -0.368 e. The lowest BCUT2D eigenvalue weighted by Gasteiger charge is -2.17. The maximum Gasteiger partial charge on any atom is 0.261 e. The molecule has 1 unspecified atom stereocenters. The van der Waals surface area contributed by atoms with E-state index in [4.69, 9.17) is 5.73 Å². The molecule has 1 aliphatic carbocycles. The van der Waals surface area contributed by atoms with Gasteiger partial charge < -0.3 is 5.73 Å². The summed E-state index contributed by atoms with van der Waals surface area (Å²) < 4.78 is 0. The van der Waals surface area contributed by atoms with Crippen molar-refractivity contribution >= 4 is 35.3 Å². The lowest BCUT2D eigenvalue weighted by atomic mass is 9.92. The number of hydrogen-bond donors (Lipinski definition) is 1. The number of allylic oxidation sites excluding steroid dienone is 1. The van der Waals surface area contributed by atoms with Crippen molar-refractivity contribution in [3.8, 4) is 0 Å². The molecule has 1 atom stereocenters. The number of rotatable bonds is 1. The van der Waals surface area contributed by atoms with Gasteiger partial charge in [0.1, 0.15) is 5.92 Å². The summed E-state index contributed by atoms with van der Waals surface area (Å²) in [5, 5.41) is 2.04. The molecule has 2 N–H and O–H groups in total. The quantitative estimate of drug-likeness (QED) is 0.775. The molecule has 4 heteroatoms. The second kappa shape index (κ2) is 4.02. The Morgan fingerprint density at radius 3 is 2.84 bits per heavy atom. The lowest BCUT2D eigenvalue weighted by Crippen LogP contribution is -2.38. The van der Waals surface area contributed by atoms with Crippen LogP contribution in [0.25, 0.3) is 17.7 Å². The van der Waals surface area contributed by atoms with Crippen molar-refractivity contribution in [3.63, 3.8) is 0 Å². The Morgan fingerprint density at radius 1 is 1.32 bits per heavy atom. The number of nitrogens with zero attached hydrogens (tertiary/aromatic N) is 2. The van der Waals surface area contributed by atoms with E-state index in [2.05, 4.69) is 16.6 Å². The molecule has 94 valence electrons. The molecule has 2 aliphatic rings. The number of fused-ring (bicyclic) bond motifs is 2. The van der Waals surface area contributed by atoms with Gasteiger partial charge in [0, 0.05) is 0 Å². The summed E-state index contributed by atoms with van der Waals surface area (Å²) in [4.78, 5) is 19.7. The van der Waals surface area contributed by atoms with Crippen LogP contribution in [-0.2, 0) is 4.79 Å². The van der Waals surface area contributed by atoms with Crippen LogP contribution in [0.4, 0.5) is 0 Å². The Labute approximate surface area is 110 Å². The van der Waals surface area contributed by atoms with Crippen LogP contribution in [-0.4, -0.2) is 17.6 Å². The molecule has 19 heavy (non-hydrogen) atoms. The van der Waals surface area contributed by atoms with Crippen molar-refractivity contribution in [1.82, 2.24) is 0 Å². The van der Waals surface area contributed by atoms with E-state index in [1.165, 1.54) is 0 Å². The van der Waals surface area contributed by atoms with Crippen molar-refractivity contribution in [1.29, 1.82) is 0 Å². The van der Waals surface area contributed by atoms with Crippen LogP contribution in [0.1, 0.15) is 12.5 Å². The second-order valence-electron chi connectivity index (χ2n) is 4.76. The maximum atomic E-state index is 11.9. The zero-order valence-corrected chi connectivity index (χ0v) is 10.6. The molecule has 0 aromatic heterocycles. The van der Waals surface area contributed by atoms with Crippen molar-refractivity contribution < 1.29 is 4.79 Å². The first-order valence-electron chi connectivity index (χ1n) is 6.01. The summed E-state index contributed by atoms with van der Waals surface area (Å²) in [6.07, 6.45) is 3.78. The number of nitrogens with two attached hydrogens (primary N) is 1. The standard InChI is InChI=1S/C15H13N3O/c1-8(2)9-3-4-10-7-13-12(6-11(10)5-9)14(19)18-15(16)17-13/h3-7,12H,1H2,2H3,(H2,16,18,19). The highest BCUT2D eigenvalue weighted by Crippen LogP contribution is 2.14. The van der Waals surface area contributed by atoms with Crippen LogP contribution in [0.3, 0.4) is 0 Å². The molecule has 1 heterocycles. The molecule has 0 fully saturated rings. The highest BCUT2D eigenvalue weighted by molar-refractivity contribution is 6.29. The molecule has 0 radical (unpaired) electrons. The normalized spacial score (nSPS) is 20.3. The molecule has 1 aromatic rings. The van der Waals surface area contributed by atoms with Gasteiger partial charge in [-0.25, -0.2) is 4.99 Å². The first-order chi connectivity index (χ1) is 9.04. The van der Waals surface area contributed by atoms with Gasteiger partial charge in [-0.3, -0.25) is 4.79 Å². The highest BCUT2D eigenvalue weighted by Gasteiger charge is 2.26. The number of guanidine groups is 1. The number of benzene rings is 1. The fourth-order valence-corrected chi connectivity index (χ4v) is 2.27. The summed E-state index contributed by atoms with van der Waals surface area (Å²) in [7, 11) is 0. The average molecular weight is 251 g/mol. The van der Waals surface area contributed by atoms with E-state index in [0.717, 1.165) is 21.6 Å². The van der Waals surface area contributed by atoms with E-state index >= 15 is 0 Å². The molecule has 4 nitrogen and oxygen atoms in total. The van der Waals surface area contributed by atoms with Crippen LogP contribution in [0.5, 0.6) is 0 Å². The topological polar surface area (TPSA) is 67.8 Å². The molecule has 0 saturated carbocycles. The Kier molecular flexibility index (Phi) is 2.45. The third-order valence-corrected chi connectivity index (χ3v) is 3.28. The third kappa shape index (κ3) is 1.91. The summed E-state index contributed by atoms with van der Waals surface area (Å²) in [5.41, 5.74) is 8.23. The smallest absolute Gasteiger partial charge is 0.261 e. The van der Waals surface area contributed by atoms with Crippen molar-refractivity contribution in [2.24, 2.45) is 21.6 Å². The van der Waals surface area contributed by atoms with Gasteiger partial charge in [0.2, 0.25) is 5.96 Å².